The van der Waals surface area contributed by atoms with Gasteiger partial charge >= 0.3 is 0 Å². The third-order valence-electron chi connectivity index (χ3n) is 5.52. The van der Waals surface area contributed by atoms with E-state index in [1.165, 1.54) is 23.9 Å². The van der Waals surface area contributed by atoms with Crippen LogP contribution < -0.4 is 5.32 Å². The maximum atomic E-state index is 13.8. The van der Waals surface area contributed by atoms with Gasteiger partial charge in [0.05, 0.1) is 11.9 Å². The van der Waals surface area contributed by atoms with Crippen LogP contribution in [0.4, 0.5) is 14.5 Å². The zero-order valence-electron chi connectivity index (χ0n) is 19.0. The third kappa shape index (κ3) is 5.74. The van der Waals surface area contributed by atoms with Crippen LogP contribution >= 0.6 is 11.8 Å². The van der Waals surface area contributed by atoms with Gasteiger partial charge < -0.3 is 10.4 Å². The number of hydrogen-bond acceptors (Lipinski definition) is 5. The second-order valence-corrected chi connectivity index (χ2v) is 9.12. The Balaban J connectivity index is 1.70. The van der Waals surface area contributed by atoms with Gasteiger partial charge in [-0.25, -0.2) is 8.78 Å². The smallest absolute Gasteiger partial charge is 0.196 e. The van der Waals surface area contributed by atoms with Crippen LogP contribution in [0, 0.1) is 5.82 Å². The summed E-state index contributed by atoms with van der Waals surface area (Å²) in [5.74, 6) is 0.559. The van der Waals surface area contributed by atoms with Crippen molar-refractivity contribution in [1.29, 1.82) is 0 Å². The summed E-state index contributed by atoms with van der Waals surface area (Å²) in [7, 11) is 0. The third-order valence-corrected chi connectivity index (χ3v) is 6.77. The molecule has 0 aliphatic heterocycles. The van der Waals surface area contributed by atoms with Crippen LogP contribution in [-0.4, -0.2) is 39.2 Å². The van der Waals surface area contributed by atoms with E-state index in [0.717, 1.165) is 41.2 Å². The van der Waals surface area contributed by atoms with Gasteiger partial charge in [-0.05, 0) is 54.0 Å². The molecule has 1 aliphatic carbocycles. The van der Waals surface area contributed by atoms with Crippen molar-refractivity contribution in [3.05, 3.63) is 89.5 Å². The number of benzene rings is 2. The predicted molar refractivity (Wildman–Crippen MR) is 133 cm³/mol. The molecule has 3 aromatic rings. The van der Waals surface area contributed by atoms with Gasteiger partial charge in [-0.1, -0.05) is 49.0 Å². The van der Waals surface area contributed by atoms with Crippen molar-refractivity contribution in [1.82, 2.24) is 14.8 Å². The number of nitrogens with zero attached hydrogens (tertiary/aromatic N) is 3. The van der Waals surface area contributed by atoms with E-state index in [0.29, 0.717) is 18.1 Å². The number of aromatic nitrogens is 3. The molecule has 1 heterocycles. The fourth-order valence-corrected chi connectivity index (χ4v) is 5.05. The molecule has 8 heteroatoms. The minimum Gasteiger partial charge on any atom is -0.395 e. The van der Waals surface area contributed by atoms with E-state index in [1.54, 1.807) is 18.2 Å². The molecule has 0 amide bonds. The Bertz CT molecular complexity index is 1140. The zero-order valence-corrected chi connectivity index (χ0v) is 19.8. The summed E-state index contributed by atoms with van der Waals surface area (Å²) in [6, 6.07) is 14.3. The van der Waals surface area contributed by atoms with Gasteiger partial charge in [0.25, 0.3) is 0 Å². The van der Waals surface area contributed by atoms with Crippen LogP contribution in [0.5, 0.6) is 0 Å². The maximum Gasteiger partial charge on any atom is 0.196 e. The lowest BCUT2D eigenvalue weighted by Crippen LogP contribution is -2.08. The second kappa shape index (κ2) is 11.4. The zero-order chi connectivity index (χ0) is 23.9. The lowest BCUT2D eigenvalue weighted by molar-refractivity contribution is 0.311. The molecule has 0 bridgehead atoms. The number of aryl methyl sites for hydroxylation is 1. The Morgan fingerprint density at radius 1 is 1.15 bits per heavy atom. The average molecular weight is 483 g/mol. The number of rotatable bonds is 10. The second-order valence-electron chi connectivity index (χ2n) is 8.05. The van der Waals surface area contributed by atoms with Crippen LogP contribution in [0.25, 0.3) is 5.69 Å². The quantitative estimate of drug-likeness (QED) is 0.357. The topological polar surface area (TPSA) is 63.0 Å². The molecular formula is C26H28F2N4OS. The molecular weight excluding hydrogens is 454 g/mol. The lowest BCUT2D eigenvalue weighted by atomic mass is 9.98. The number of hydrogen-bond donors (Lipinski definition) is 2. The standard InChI is InChI=1S/C26H28F2N4OS/c1-2-3-24-30-31-26(32(24)23-14-12-22(13-15-23)29-16-17-33)34-25(18-4-8-20(27)9-5-18)19-6-10-21(28)11-7-19/h4-10,12-15,21,25,29,33H,2-3,11,16-17H2,1H3. The Morgan fingerprint density at radius 3 is 2.56 bits per heavy atom. The van der Waals surface area contributed by atoms with E-state index < -0.39 is 6.17 Å². The highest BCUT2D eigenvalue weighted by Crippen LogP contribution is 2.42. The minimum absolute atomic E-state index is 0.0624. The number of aliphatic hydroxyl groups is 1. The first-order chi connectivity index (χ1) is 16.6. The summed E-state index contributed by atoms with van der Waals surface area (Å²) in [6.07, 6.45) is 6.31. The summed E-state index contributed by atoms with van der Waals surface area (Å²) in [6.45, 7) is 2.64. The number of allylic oxidation sites excluding steroid dienone is 3. The van der Waals surface area contributed by atoms with E-state index in [1.807, 2.05) is 41.0 Å². The summed E-state index contributed by atoms with van der Waals surface area (Å²) in [5, 5.41) is 21.7. The van der Waals surface area contributed by atoms with Crippen molar-refractivity contribution in [3.8, 4) is 5.69 Å². The van der Waals surface area contributed by atoms with Crippen molar-refractivity contribution >= 4 is 17.4 Å². The monoisotopic (exact) mass is 482 g/mol. The Kier molecular flexibility index (Phi) is 8.13. The molecule has 4 rings (SSSR count). The maximum absolute atomic E-state index is 13.8. The largest absolute Gasteiger partial charge is 0.395 e. The molecule has 2 N–H and O–H groups in total. The van der Waals surface area contributed by atoms with Crippen molar-refractivity contribution in [2.24, 2.45) is 0 Å². The van der Waals surface area contributed by atoms with Crippen LogP contribution in [-0.2, 0) is 6.42 Å². The SMILES string of the molecule is CCCc1nnc(SC(C2=CCC(F)C=C2)c2ccc(F)cc2)n1-c1ccc(NCCO)cc1. The lowest BCUT2D eigenvalue weighted by Gasteiger charge is -2.21. The average Bonchev–Trinajstić information content (AvgIpc) is 3.25. The first-order valence-electron chi connectivity index (χ1n) is 11.4. The molecule has 5 nitrogen and oxygen atoms in total. The van der Waals surface area contributed by atoms with E-state index >= 15 is 0 Å². The normalized spacial score (nSPS) is 16.4. The molecule has 34 heavy (non-hydrogen) atoms. The van der Waals surface area contributed by atoms with Gasteiger partial charge in [-0.15, -0.1) is 10.2 Å². The molecule has 0 saturated heterocycles. The van der Waals surface area contributed by atoms with Crippen molar-refractivity contribution in [2.45, 2.75) is 42.8 Å². The van der Waals surface area contributed by atoms with Gasteiger partial charge in [-0.2, -0.15) is 0 Å². The number of anilines is 1. The van der Waals surface area contributed by atoms with Gasteiger partial charge in [0.1, 0.15) is 17.8 Å². The highest BCUT2D eigenvalue weighted by molar-refractivity contribution is 7.99. The molecule has 2 aromatic carbocycles. The Labute approximate surface area is 202 Å². The highest BCUT2D eigenvalue weighted by atomic mass is 32.2. The van der Waals surface area contributed by atoms with Crippen LogP contribution in [0.3, 0.4) is 0 Å². The minimum atomic E-state index is -0.986. The first kappa shape index (κ1) is 24.2. The Morgan fingerprint density at radius 2 is 1.91 bits per heavy atom. The van der Waals surface area contributed by atoms with Gasteiger partial charge in [0, 0.05) is 30.8 Å². The molecule has 0 saturated carbocycles. The fraction of sp³-hybridized carbons (Fsp3) is 0.308. The number of aliphatic hydroxyl groups excluding tert-OH is 1. The summed E-state index contributed by atoms with van der Waals surface area (Å²) in [5.41, 5.74) is 3.72. The van der Waals surface area contributed by atoms with Crippen LogP contribution in [0.15, 0.2) is 77.5 Å². The summed E-state index contributed by atoms with van der Waals surface area (Å²) in [4.78, 5) is 0. The first-order valence-corrected chi connectivity index (χ1v) is 12.3. The number of thioether (sulfide) groups is 1. The van der Waals surface area contributed by atoms with Gasteiger partial charge in [0.2, 0.25) is 0 Å². The van der Waals surface area contributed by atoms with E-state index in [9.17, 15) is 8.78 Å². The number of nitrogens with one attached hydrogen (secondary N) is 1. The summed E-state index contributed by atoms with van der Waals surface area (Å²) >= 11 is 1.52. The summed E-state index contributed by atoms with van der Waals surface area (Å²) < 4.78 is 29.4. The van der Waals surface area contributed by atoms with E-state index in [2.05, 4.69) is 22.4 Å². The van der Waals surface area contributed by atoms with Crippen molar-refractivity contribution < 1.29 is 13.9 Å². The van der Waals surface area contributed by atoms with Crippen molar-refractivity contribution in [2.75, 3.05) is 18.5 Å². The van der Waals surface area contributed by atoms with Gasteiger partial charge in [0.15, 0.2) is 5.16 Å². The molecule has 0 fully saturated rings. The number of halogens is 2. The predicted octanol–water partition coefficient (Wildman–Crippen LogP) is 5.82. The van der Waals surface area contributed by atoms with Gasteiger partial charge in [-0.3, -0.25) is 4.57 Å². The molecule has 2 unspecified atom stereocenters. The van der Waals surface area contributed by atoms with Crippen molar-refractivity contribution in [3.63, 3.8) is 0 Å². The van der Waals surface area contributed by atoms with Crippen LogP contribution in [0.1, 0.15) is 36.4 Å². The van der Waals surface area contributed by atoms with Crippen LogP contribution in [0.2, 0.25) is 0 Å². The molecule has 1 aliphatic rings. The molecule has 1 aromatic heterocycles. The highest BCUT2D eigenvalue weighted by Gasteiger charge is 2.24. The Hall–Kier alpha value is -2.97. The van der Waals surface area contributed by atoms with E-state index in [-0.39, 0.29) is 17.7 Å². The molecule has 178 valence electrons. The van der Waals surface area contributed by atoms with E-state index in [4.69, 9.17) is 5.11 Å². The molecule has 2 atom stereocenters. The fourth-order valence-electron chi connectivity index (χ4n) is 3.83. The molecule has 0 radical (unpaired) electrons. The molecule has 0 spiro atoms. The number of alkyl halides is 1.